The van der Waals surface area contributed by atoms with Gasteiger partial charge in [0.05, 0.1) is 0 Å². The summed E-state index contributed by atoms with van der Waals surface area (Å²) in [5.74, 6) is -0.462. The van der Waals surface area contributed by atoms with E-state index < -0.39 is 5.91 Å². The highest BCUT2D eigenvalue weighted by Gasteiger charge is 2.09. The highest BCUT2D eigenvalue weighted by Crippen LogP contribution is 2.22. The molecule has 0 spiro atoms. The van der Waals surface area contributed by atoms with Gasteiger partial charge in [0.25, 0.3) is 0 Å². The smallest absolute Gasteiger partial charge is 0.248 e. The SMILES string of the molecule is Cc1ccccc1N(C)Cc1ccc(C(N)=O)cc1N. The van der Waals surface area contributed by atoms with E-state index in [1.807, 2.05) is 25.2 Å². The van der Waals surface area contributed by atoms with Crippen molar-refractivity contribution < 1.29 is 4.79 Å². The van der Waals surface area contributed by atoms with Crippen molar-refractivity contribution in [2.75, 3.05) is 17.7 Å². The van der Waals surface area contributed by atoms with Gasteiger partial charge in [-0.3, -0.25) is 4.79 Å². The van der Waals surface area contributed by atoms with E-state index in [1.54, 1.807) is 12.1 Å². The van der Waals surface area contributed by atoms with Gasteiger partial charge >= 0.3 is 0 Å². The fourth-order valence-electron chi connectivity index (χ4n) is 2.22. The van der Waals surface area contributed by atoms with E-state index in [-0.39, 0.29) is 0 Å². The third-order valence-corrected chi connectivity index (χ3v) is 3.36. The van der Waals surface area contributed by atoms with E-state index in [9.17, 15) is 4.79 Å². The van der Waals surface area contributed by atoms with Crippen molar-refractivity contribution in [1.82, 2.24) is 0 Å². The number of rotatable bonds is 4. The molecule has 0 atom stereocenters. The highest BCUT2D eigenvalue weighted by molar-refractivity contribution is 5.93. The second-order valence-electron chi connectivity index (χ2n) is 4.92. The maximum Gasteiger partial charge on any atom is 0.248 e. The Morgan fingerprint density at radius 3 is 2.50 bits per heavy atom. The number of nitrogens with zero attached hydrogens (tertiary/aromatic N) is 1. The molecule has 0 bridgehead atoms. The number of carbonyl (C=O) groups is 1. The molecule has 0 saturated carbocycles. The molecular weight excluding hydrogens is 250 g/mol. The second-order valence-corrected chi connectivity index (χ2v) is 4.92. The number of carbonyl (C=O) groups excluding carboxylic acids is 1. The average Bonchev–Trinajstić information content (AvgIpc) is 2.41. The molecule has 2 aromatic rings. The summed E-state index contributed by atoms with van der Waals surface area (Å²) in [4.78, 5) is 13.2. The van der Waals surface area contributed by atoms with Crippen molar-refractivity contribution in [1.29, 1.82) is 0 Å². The van der Waals surface area contributed by atoms with E-state index in [2.05, 4.69) is 24.0 Å². The average molecular weight is 269 g/mol. The van der Waals surface area contributed by atoms with Crippen molar-refractivity contribution in [3.8, 4) is 0 Å². The quantitative estimate of drug-likeness (QED) is 0.837. The first kappa shape index (κ1) is 13.9. The van der Waals surface area contributed by atoms with Crippen molar-refractivity contribution in [3.63, 3.8) is 0 Å². The Balaban J connectivity index is 2.22. The fraction of sp³-hybridized carbons (Fsp3) is 0.188. The zero-order valence-electron chi connectivity index (χ0n) is 11.8. The van der Waals surface area contributed by atoms with Crippen LogP contribution in [0.5, 0.6) is 0 Å². The van der Waals surface area contributed by atoms with Crippen LogP contribution in [0.15, 0.2) is 42.5 Å². The van der Waals surface area contributed by atoms with Gasteiger partial charge in [-0.2, -0.15) is 0 Å². The van der Waals surface area contributed by atoms with Crippen molar-refractivity contribution in [2.45, 2.75) is 13.5 Å². The van der Waals surface area contributed by atoms with Gasteiger partial charge in [0.2, 0.25) is 5.91 Å². The molecule has 0 aliphatic carbocycles. The van der Waals surface area contributed by atoms with Crippen LogP contribution in [0.3, 0.4) is 0 Å². The zero-order valence-corrected chi connectivity index (χ0v) is 11.8. The number of hydrogen-bond donors (Lipinski definition) is 2. The summed E-state index contributed by atoms with van der Waals surface area (Å²) in [6.07, 6.45) is 0. The molecule has 0 saturated heterocycles. The number of nitrogens with two attached hydrogens (primary N) is 2. The molecule has 1 amide bonds. The fourth-order valence-corrected chi connectivity index (χ4v) is 2.22. The topological polar surface area (TPSA) is 72.3 Å². The molecule has 2 rings (SSSR count). The molecule has 0 fully saturated rings. The first-order chi connectivity index (χ1) is 9.49. The summed E-state index contributed by atoms with van der Waals surface area (Å²) < 4.78 is 0. The maximum absolute atomic E-state index is 11.1. The van der Waals surface area contributed by atoms with E-state index in [0.717, 1.165) is 11.3 Å². The number of amides is 1. The lowest BCUT2D eigenvalue weighted by molar-refractivity contribution is 0.100. The Bertz CT molecular complexity index is 637. The van der Waals surface area contributed by atoms with Crippen LogP contribution in [0.25, 0.3) is 0 Å². The Morgan fingerprint density at radius 2 is 1.90 bits per heavy atom. The van der Waals surface area contributed by atoms with Gasteiger partial charge in [-0.15, -0.1) is 0 Å². The third kappa shape index (κ3) is 2.91. The van der Waals surface area contributed by atoms with Crippen LogP contribution in [-0.2, 0) is 6.54 Å². The Hall–Kier alpha value is -2.49. The first-order valence-electron chi connectivity index (χ1n) is 6.44. The summed E-state index contributed by atoms with van der Waals surface area (Å²) in [5.41, 5.74) is 15.6. The van der Waals surface area contributed by atoms with Gasteiger partial charge in [0.1, 0.15) is 0 Å². The standard InChI is InChI=1S/C16H19N3O/c1-11-5-3-4-6-15(11)19(2)10-13-8-7-12(16(18)20)9-14(13)17/h3-9H,10,17H2,1-2H3,(H2,18,20). The molecule has 0 unspecified atom stereocenters. The molecule has 0 aliphatic rings. The number of hydrogen-bond acceptors (Lipinski definition) is 3. The number of aryl methyl sites for hydroxylation is 1. The van der Waals surface area contributed by atoms with Gasteiger partial charge in [-0.25, -0.2) is 0 Å². The molecule has 0 radical (unpaired) electrons. The van der Waals surface area contributed by atoms with Gasteiger partial charge in [0.15, 0.2) is 0 Å². The summed E-state index contributed by atoms with van der Waals surface area (Å²) in [5, 5.41) is 0. The lowest BCUT2D eigenvalue weighted by atomic mass is 10.1. The van der Waals surface area contributed by atoms with Crippen LogP contribution in [0.2, 0.25) is 0 Å². The molecule has 4 N–H and O–H groups in total. The molecule has 20 heavy (non-hydrogen) atoms. The third-order valence-electron chi connectivity index (χ3n) is 3.36. The summed E-state index contributed by atoms with van der Waals surface area (Å²) >= 11 is 0. The number of para-hydroxylation sites is 1. The van der Waals surface area contributed by atoms with Gasteiger partial charge in [-0.05, 0) is 36.2 Å². The van der Waals surface area contributed by atoms with Gasteiger partial charge in [-0.1, -0.05) is 24.3 Å². The number of benzene rings is 2. The molecule has 4 heteroatoms. The van der Waals surface area contributed by atoms with Crippen LogP contribution < -0.4 is 16.4 Å². The van der Waals surface area contributed by atoms with Crippen LogP contribution in [0.4, 0.5) is 11.4 Å². The van der Waals surface area contributed by atoms with E-state index in [1.165, 1.54) is 5.56 Å². The van der Waals surface area contributed by atoms with Gasteiger partial charge < -0.3 is 16.4 Å². The molecule has 0 aliphatic heterocycles. The van der Waals surface area contributed by atoms with E-state index in [0.29, 0.717) is 17.8 Å². The van der Waals surface area contributed by atoms with Crippen LogP contribution in [0.1, 0.15) is 21.5 Å². The molecule has 104 valence electrons. The lowest BCUT2D eigenvalue weighted by Crippen LogP contribution is -2.19. The maximum atomic E-state index is 11.1. The monoisotopic (exact) mass is 269 g/mol. The van der Waals surface area contributed by atoms with Gasteiger partial charge in [0, 0.05) is 30.5 Å². The van der Waals surface area contributed by atoms with Crippen LogP contribution in [0, 0.1) is 6.92 Å². The summed E-state index contributed by atoms with van der Waals surface area (Å²) in [7, 11) is 2.02. The summed E-state index contributed by atoms with van der Waals surface area (Å²) in [6.45, 7) is 2.75. The van der Waals surface area contributed by atoms with E-state index >= 15 is 0 Å². The number of primary amides is 1. The van der Waals surface area contributed by atoms with Crippen molar-refractivity contribution in [2.24, 2.45) is 5.73 Å². The minimum atomic E-state index is -0.462. The Morgan fingerprint density at radius 1 is 1.20 bits per heavy atom. The highest BCUT2D eigenvalue weighted by atomic mass is 16.1. The molecule has 0 aromatic heterocycles. The minimum absolute atomic E-state index is 0.435. The Kier molecular flexibility index (Phi) is 3.94. The zero-order chi connectivity index (χ0) is 14.7. The number of anilines is 2. The molecule has 0 heterocycles. The molecular formula is C16H19N3O. The Labute approximate surface area is 119 Å². The van der Waals surface area contributed by atoms with Crippen molar-refractivity contribution in [3.05, 3.63) is 59.2 Å². The molecule has 2 aromatic carbocycles. The lowest BCUT2D eigenvalue weighted by Gasteiger charge is -2.22. The minimum Gasteiger partial charge on any atom is -0.398 e. The van der Waals surface area contributed by atoms with Crippen LogP contribution >= 0.6 is 0 Å². The number of nitrogen functional groups attached to an aromatic ring is 1. The van der Waals surface area contributed by atoms with Crippen molar-refractivity contribution >= 4 is 17.3 Å². The van der Waals surface area contributed by atoms with E-state index in [4.69, 9.17) is 11.5 Å². The second kappa shape index (κ2) is 5.65. The predicted molar refractivity (Wildman–Crippen MR) is 82.7 cm³/mol. The summed E-state index contributed by atoms with van der Waals surface area (Å²) in [6, 6.07) is 13.4. The first-order valence-corrected chi connectivity index (χ1v) is 6.44. The van der Waals surface area contributed by atoms with Crippen LogP contribution in [-0.4, -0.2) is 13.0 Å². The normalized spacial score (nSPS) is 10.3. The molecule has 4 nitrogen and oxygen atoms in total. The predicted octanol–water partition coefficient (Wildman–Crippen LogP) is 2.31. The largest absolute Gasteiger partial charge is 0.398 e.